The number of carbonyl (C=O) groups excluding carboxylic acids is 1. The highest BCUT2D eigenvalue weighted by molar-refractivity contribution is 5.83. The third-order valence-corrected chi connectivity index (χ3v) is 2.67. The maximum Gasteiger partial charge on any atom is 0.283 e. The van der Waals surface area contributed by atoms with E-state index < -0.39 is 10.6 Å². The van der Waals surface area contributed by atoms with Crippen LogP contribution in [-0.2, 0) is 6.61 Å². The van der Waals surface area contributed by atoms with Crippen molar-refractivity contribution in [1.82, 2.24) is 0 Å². The Balaban J connectivity index is 2.26. The summed E-state index contributed by atoms with van der Waals surface area (Å²) in [5.74, 6) is -0.347. The number of phenols is 1. The summed E-state index contributed by atoms with van der Waals surface area (Å²) < 4.78 is 5.34. The zero-order chi connectivity index (χ0) is 14.5. The lowest BCUT2D eigenvalue weighted by molar-refractivity contribution is -0.385. The number of ether oxygens (including phenoxy) is 1. The normalized spacial score (nSPS) is 10.0. The molecule has 6 nitrogen and oxygen atoms in total. The van der Waals surface area contributed by atoms with Crippen molar-refractivity contribution in [3.8, 4) is 11.5 Å². The summed E-state index contributed by atoms with van der Waals surface area (Å²) >= 11 is 0. The molecule has 0 aliphatic carbocycles. The van der Waals surface area contributed by atoms with E-state index in [-0.39, 0.29) is 23.7 Å². The van der Waals surface area contributed by atoms with Crippen molar-refractivity contribution in [2.24, 2.45) is 0 Å². The quantitative estimate of drug-likeness (QED) is 0.514. The molecule has 0 aromatic heterocycles. The number of nitro groups is 1. The number of aldehydes is 1. The SMILES string of the molecule is O=Cc1cc(O)c(OCc2ccccc2)cc1[N+](=O)[O-]. The first-order chi connectivity index (χ1) is 9.61. The highest BCUT2D eigenvalue weighted by atomic mass is 16.6. The second kappa shape index (κ2) is 5.83. The smallest absolute Gasteiger partial charge is 0.283 e. The molecule has 6 heteroatoms. The lowest BCUT2D eigenvalue weighted by atomic mass is 10.1. The molecule has 20 heavy (non-hydrogen) atoms. The Morgan fingerprint density at radius 1 is 1.25 bits per heavy atom. The van der Waals surface area contributed by atoms with Crippen molar-refractivity contribution >= 4 is 12.0 Å². The predicted molar refractivity (Wildman–Crippen MR) is 70.9 cm³/mol. The van der Waals surface area contributed by atoms with E-state index in [9.17, 15) is 20.0 Å². The van der Waals surface area contributed by atoms with Crippen molar-refractivity contribution in [3.05, 3.63) is 63.7 Å². The number of benzene rings is 2. The van der Waals surface area contributed by atoms with Gasteiger partial charge in [0.25, 0.3) is 5.69 Å². The first-order valence-electron chi connectivity index (χ1n) is 5.75. The van der Waals surface area contributed by atoms with E-state index in [2.05, 4.69) is 0 Å². The van der Waals surface area contributed by atoms with Crippen LogP contribution in [0.4, 0.5) is 5.69 Å². The first kappa shape index (κ1) is 13.5. The number of hydrogen-bond acceptors (Lipinski definition) is 5. The maximum absolute atomic E-state index is 10.8. The molecule has 2 aromatic carbocycles. The Morgan fingerprint density at radius 2 is 1.95 bits per heavy atom. The molecule has 0 heterocycles. The molecular weight excluding hydrogens is 262 g/mol. The van der Waals surface area contributed by atoms with Gasteiger partial charge in [0.1, 0.15) is 6.61 Å². The van der Waals surface area contributed by atoms with E-state index >= 15 is 0 Å². The summed E-state index contributed by atoms with van der Waals surface area (Å²) in [5.41, 5.74) is 0.259. The minimum absolute atomic E-state index is 0.0360. The highest BCUT2D eigenvalue weighted by Crippen LogP contribution is 2.33. The minimum Gasteiger partial charge on any atom is -0.504 e. The van der Waals surface area contributed by atoms with Crippen LogP contribution >= 0.6 is 0 Å². The molecule has 0 fully saturated rings. The van der Waals surface area contributed by atoms with Crippen molar-refractivity contribution in [2.45, 2.75) is 6.61 Å². The molecule has 0 saturated carbocycles. The van der Waals surface area contributed by atoms with Crippen LogP contribution in [0.15, 0.2) is 42.5 Å². The van der Waals surface area contributed by atoms with Crippen molar-refractivity contribution in [3.63, 3.8) is 0 Å². The molecule has 0 amide bonds. The van der Waals surface area contributed by atoms with Gasteiger partial charge in [-0.1, -0.05) is 30.3 Å². The monoisotopic (exact) mass is 273 g/mol. The molecule has 0 spiro atoms. The van der Waals surface area contributed by atoms with Gasteiger partial charge in [-0.05, 0) is 5.56 Å². The van der Waals surface area contributed by atoms with E-state index in [1.54, 1.807) is 0 Å². The molecule has 0 aliphatic heterocycles. The Bertz CT molecular complexity index is 640. The predicted octanol–water partition coefficient (Wildman–Crippen LogP) is 2.69. The summed E-state index contributed by atoms with van der Waals surface area (Å²) in [4.78, 5) is 20.9. The minimum atomic E-state index is -0.696. The van der Waals surface area contributed by atoms with E-state index in [0.717, 1.165) is 17.7 Å². The Kier molecular flexibility index (Phi) is 3.95. The number of phenolic OH excluding ortho intramolecular Hbond substituents is 1. The molecule has 0 atom stereocenters. The van der Waals surface area contributed by atoms with Gasteiger partial charge in [0.2, 0.25) is 0 Å². The fraction of sp³-hybridized carbons (Fsp3) is 0.0714. The molecule has 102 valence electrons. The number of nitrogens with zero attached hydrogens (tertiary/aromatic N) is 1. The summed E-state index contributed by atoms with van der Waals surface area (Å²) in [5, 5.41) is 20.5. The molecule has 0 unspecified atom stereocenters. The molecule has 0 aliphatic rings. The lowest BCUT2D eigenvalue weighted by Gasteiger charge is -2.08. The van der Waals surface area contributed by atoms with Gasteiger partial charge in [0, 0.05) is 6.07 Å². The summed E-state index contributed by atoms with van der Waals surface area (Å²) in [6.07, 6.45) is 0.318. The van der Waals surface area contributed by atoms with Gasteiger partial charge in [-0.15, -0.1) is 0 Å². The van der Waals surface area contributed by atoms with Crippen molar-refractivity contribution in [2.75, 3.05) is 0 Å². The van der Waals surface area contributed by atoms with Gasteiger partial charge in [0.15, 0.2) is 17.8 Å². The molecule has 1 N–H and O–H groups in total. The van der Waals surface area contributed by atoms with Crippen LogP contribution in [0.25, 0.3) is 0 Å². The van der Waals surface area contributed by atoms with E-state index in [1.807, 2.05) is 30.3 Å². The standard InChI is InChI=1S/C14H11NO5/c16-8-11-6-13(17)14(7-12(11)15(18)19)20-9-10-4-2-1-3-5-10/h1-8,17H,9H2. The summed E-state index contributed by atoms with van der Waals surface area (Å²) in [6, 6.07) is 11.2. The van der Waals surface area contributed by atoms with Gasteiger partial charge in [-0.2, -0.15) is 0 Å². The average Bonchev–Trinajstić information content (AvgIpc) is 2.46. The van der Waals surface area contributed by atoms with Crippen LogP contribution < -0.4 is 4.74 Å². The van der Waals surface area contributed by atoms with Gasteiger partial charge >= 0.3 is 0 Å². The Morgan fingerprint density at radius 3 is 2.55 bits per heavy atom. The number of hydrogen-bond donors (Lipinski definition) is 1. The van der Waals surface area contributed by atoms with Crippen LogP contribution in [0.3, 0.4) is 0 Å². The van der Waals surface area contributed by atoms with Gasteiger partial charge < -0.3 is 9.84 Å². The number of nitro benzene ring substituents is 1. The molecular formula is C14H11NO5. The molecule has 0 bridgehead atoms. The van der Waals surface area contributed by atoms with Crippen LogP contribution in [0.5, 0.6) is 11.5 Å². The molecule has 2 aromatic rings. The second-order valence-corrected chi connectivity index (χ2v) is 4.03. The van der Waals surface area contributed by atoms with E-state index in [0.29, 0.717) is 6.29 Å². The van der Waals surface area contributed by atoms with E-state index in [1.165, 1.54) is 0 Å². The zero-order valence-electron chi connectivity index (χ0n) is 10.4. The van der Waals surface area contributed by atoms with Crippen LogP contribution in [-0.4, -0.2) is 16.3 Å². The fourth-order valence-electron chi connectivity index (χ4n) is 1.68. The average molecular weight is 273 g/mol. The molecule has 0 saturated heterocycles. The third-order valence-electron chi connectivity index (χ3n) is 2.67. The van der Waals surface area contributed by atoms with Gasteiger partial charge in [-0.3, -0.25) is 14.9 Å². The molecule has 2 rings (SSSR count). The number of carbonyl (C=O) groups is 1. The Labute approximate surface area is 114 Å². The maximum atomic E-state index is 10.8. The van der Waals surface area contributed by atoms with Crippen LogP contribution in [0.2, 0.25) is 0 Å². The lowest BCUT2D eigenvalue weighted by Crippen LogP contribution is -1.99. The summed E-state index contributed by atoms with van der Waals surface area (Å²) in [7, 11) is 0. The third kappa shape index (κ3) is 2.92. The first-order valence-corrected chi connectivity index (χ1v) is 5.75. The largest absolute Gasteiger partial charge is 0.504 e. The van der Waals surface area contributed by atoms with Gasteiger partial charge in [-0.25, -0.2) is 0 Å². The van der Waals surface area contributed by atoms with Crippen molar-refractivity contribution < 1.29 is 19.6 Å². The highest BCUT2D eigenvalue weighted by Gasteiger charge is 2.18. The van der Waals surface area contributed by atoms with Crippen LogP contribution in [0.1, 0.15) is 15.9 Å². The number of aromatic hydroxyl groups is 1. The topological polar surface area (TPSA) is 89.7 Å². The molecule has 0 radical (unpaired) electrons. The number of rotatable bonds is 5. The Hall–Kier alpha value is -2.89. The fourth-order valence-corrected chi connectivity index (χ4v) is 1.68. The zero-order valence-corrected chi connectivity index (χ0v) is 10.4. The van der Waals surface area contributed by atoms with E-state index in [4.69, 9.17) is 4.74 Å². The van der Waals surface area contributed by atoms with Crippen molar-refractivity contribution in [1.29, 1.82) is 0 Å². The van der Waals surface area contributed by atoms with Crippen LogP contribution in [0, 0.1) is 10.1 Å². The van der Waals surface area contributed by atoms with Gasteiger partial charge in [0.05, 0.1) is 16.6 Å². The second-order valence-electron chi connectivity index (χ2n) is 4.03. The summed E-state index contributed by atoms with van der Waals surface area (Å²) in [6.45, 7) is 0.159.